The molecule has 1 aliphatic carbocycles. The van der Waals surface area contributed by atoms with Crippen molar-refractivity contribution >= 4 is 34.3 Å². The van der Waals surface area contributed by atoms with Gasteiger partial charge in [0, 0.05) is 3.57 Å². The number of rotatable bonds is 2. The van der Waals surface area contributed by atoms with Crippen LogP contribution in [-0.2, 0) is 0 Å². The molecule has 0 aliphatic heterocycles. The van der Waals surface area contributed by atoms with Crippen LogP contribution in [0.5, 0.6) is 0 Å². The van der Waals surface area contributed by atoms with Crippen LogP contribution in [-0.4, -0.2) is 23.3 Å². The maximum Gasteiger partial charge on any atom is 0.319 e. The van der Waals surface area contributed by atoms with E-state index in [0.29, 0.717) is 0 Å². The van der Waals surface area contributed by atoms with Gasteiger partial charge in [-0.05, 0) is 47.6 Å². The highest BCUT2D eigenvalue weighted by Gasteiger charge is 2.24. The smallest absolute Gasteiger partial charge is 0.319 e. The maximum atomic E-state index is 11.8. The molecule has 18 heavy (non-hydrogen) atoms. The van der Waals surface area contributed by atoms with Gasteiger partial charge in [-0.25, -0.2) is 4.79 Å². The number of halogens is 1. The molecule has 0 heterocycles. The molecule has 2 amide bonds. The standard InChI is InChI=1S/C13H17IN2O2/c14-9-5-1-2-6-10(9)15-13(18)16-11-7-3-4-8-12(11)17/h1-2,5-6,11-12,17H,3-4,7-8H2,(H2,15,16,18). The van der Waals surface area contributed by atoms with Crippen molar-refractivity contribution in [2.45, 2.75) is 37.8 Å². The quantitative estimate of drug-likeness (QED) is 0.711. The van der Waals surface area contributed by atoms with Crippen molar-refractivity contribution in [3.63, 3.8) is 0 Å². The summed E-state index contributed by atoms with van der Waals surface area (Å²) in [5.74, 6) is 0. The number of benzene rings is 1. The molecule has 4 nitrogen and oxygen atoms in total. The molecule has 1 aromatic carbocycles. The first-order chi connectivity index (χ1) is 8.66. The van der Waals surface area contributed by atoms with Crippen molar-refractivity contribution in [1.29, 1.82) is 0 Å². The second kappa shape index (κ2) is 6.38. The number of nitrogens with one attached hydrogen (secondary N) is 2. The van der Waals surface area contributed by atoms with Crippen molar-refractivity contribution in [2.24, 2.45) is 0 Å². The SMILES string of the molecule is O=C(Nc1ccccc1I)NC1CCCCC1O. The first-order valence-corrected chi connectivity index (χ1v) is 7.25. The molecule has 1 saturated carbocycles. The van der Waals surface area contributed by atoms with E-state index in [1.165, 1.54) is 0 Å². The lowest BCUT2D eigenvalue weighted by Gasteiger charge is -2.28. The second-order valence-corrected chi connectivity index (χ2v) is 5.70. The van der Waals surface area contributed by atoms with E-state index >= 15 is 0 Å². The summed E-state index contributed by atoms with van der Waals surface area (Å²) >= 11 is 2.18. The predicted octanol–water partition coefficient (Wildman–Crippen LogP) is 2.72. The Kier molecular flexibility index (Phi) is 4.82. The van der Waals surface area contributed by atoms with Crippen LogP contribution in [0, 0.1) is 3.57 Å². The molecule has 5 heteroatoms. The molecule has 1 fully saturated rings. The summed E-state index contributed by atoms with van der Waals surface area (Å²) < 4.78 is 0.995. The summed E-state index contributed by atoms with van der Waals surface area (Å²) in [6.07, 6.45) is 3.30. The average Bonchev–Trinajstić information content (AvgIpc) is 2.35. The minimum atomic E-state index is -0.417. The summed E-state index contributed by atoms with van der Waals surface area (Å²) in [4.78, 5) is 11.8. The Balaban J connectivity index is 1.90. The molecule has 1 aromatic rings. The summed E-state index contributed by atoms with van der Waals surface area (Å²) in [6.45, 7) is 0. The first kappa shape index (κ1) is 13.6. The Hall–Kier alpha value is -0.820. The number of carbonyl (C=O) groups excluding carboxylic acids is 1. The van der Waals surface area contributed by atoms with Gasteiger partial charge in [0.15, 0.2) is 0 Å². The zero-order valence-corrected chi connectivity index (χ0v) is 12.2. The van der Waals surface area contributed by atoms with Gasteiger partial charge in [0.2, 0.25) is 0 Å². The van der Waals surface area contributed by atoms with Crippen LogP contribution in [0.3, 0.4) is 0 Å². The molecule has 0 radical (unpaired) electrons. The van der Waals surface area contributed by atoms with Gasteiger partial charge in [-0.15, -0.1) is 0 Å². The van der Waals surface area contributed by atoms with Crippen molar-refractivity contribution in [3.05, 3.63) is 27.8 Å². The lowest BCUT2D eigenvalue weighted by molar-refractivity contribution is 0.0955. The highest BCUT2D eigenvalue weighted by Crippen LogP contribution is 2.19. The fourth-order valence-electron chi connectivity index (χ4n) is 2.17. The van der Waals surface area contributed by atoms with Gasteiger partial charge in [-0.3, -0.25) is 0 Å². The molecule has 2 atom stereocenters. The van der Waals surface area contributed by atoms with Crippen molar-refractivity contribution < 1.29 is 9.90 Å². The Morgan fingerprint density at radius 3 is 2.72 bits per heavy atom. The van der Waals surface area contributed by atoms with Gasteiger partial charge in [-0.1, -0.05) is 25.0 Å². The van der Waals surface area contributed by atoms with E-state index < -0.39 is 6.10 Å². The van der Waals surface area contributed by atoms with E-state index in [9.17, 15) is 9.90 Å². The zero-order valence-electron chi connectivity index (χ0n) is 10.0. The zero-order chi connectivity index (χ0) is 13.0. The van der Waals surface area contributed by atoms with Crippen molar-refractivity contribution in [1.82, 2.24) is 5.32 Å². The highest BCUT2D eigenvalue weighted by molar-refractivity contribution is 14.1. The van der Waals surface area contributed by atoms with Crippen LogP contribution < -0.4 is 10.6 Å². The van der Waals surface area contributed by atoms with Crippen molar-refractivity contribution in [3.8, 4) is 0 Å². The van der Waals surface area contributed by atoms with E-state index in [4.69, 9.17) is 0 Å². The fourth-order valence-corrected chi connectivity index (χ4v) is 2.69. The van der Waals surface area contributed by atoms with Crippen LogP contribution in [0.15, 0.2) is 24.3 Å². The monoisotopic (exact) mass is 360 g/mol. The van der Waals surface area contributed by atoms with E-state index in [1.54, 1.807) is 0 Å². The number of anilines is 1. The topological polar surface area (TPSA) is 61.4 Å². The lowest BCUT2D eigenvalue weighted by atomic mass is 9.93. The van der Waals surface area contributed by atoms with Crippen LogP contribution in [0.1, 0.15) is 25.7 Å². The maximum absolute atomic E-state index is 11.8. The van der Waals surface area contributed by atoms with Crippen molar-refractivity contribution in [2.75, 3.05) is 5.32 Å². The molecule has 0 spiro atoms. The number of aliphatic hydroxyl groups excluding tert-OH is 1. The van der Waals surface area contributed by atoms with E-state index in [2.05, 4.69) is 33.2 Å². The molecule has 98 valence electrons. The summed E-state index contributed by atoms with van der Waals surface area (Å²) in [5, 5.41) is 15.4. The second-order valence-electron chi connectivity index (χ2n) is 4.54. The lowest BCUT2D eigenvalue weighted by Crippen LogP contribution is -2.46. The number of hydrogen-bond acceptors (Lipinski definition) is 2. The third kappa shape index (κ3) is 3.58. The van der Waals surface area contributed by atoms with Crippen LogP contribution in [0.4, 0.5) is 10.5 Å². The predicted molar refractivity (Wildman–Crippen MR) is 79.6 cm³/mol. The number of urea groups is 1. The third-order valence-corrected chi connectivity index (χ3v) is 4.11. The van der Waals surface area contributed by atoms with Gasteiger partial charge in [0.05, 0.1) is 17.8 Å². The number of carbonyl (C=O) groups is 1. The average molecular weight is 360 g/mol. The van der Waals surface area contributed by atoms with Crippen LogP contribution in [0.25, 0.3) is 0 Å². The molecule has 2 unspecified atom stereocenters. The minimum Gasteiger partial charge on any atom is -0.391 e. The van der Waals surface area contributed by atoms with Crippen LogP contribution in [0.2, 0.25) is 0 Å². The Morgan fingerprint density at radius 2 is 2.00 bits per heavy atom. The molecule has 0 saturated heterocycles. The number of aliphatic hydroxyl groups is 1. The molecular formula is C13H17IN2O2. The van der Waals surface area contributed by atoms with E-state index in [0.717, 1.165) is 34.9 Å². The van der Waals surface area contributed by atoms with Gasteiger partial charge < -0.3 is 15.7 Å². The minimum absolute atomic E-state index is 0.125. The molecule has 3 N–H and O–H groups in total. The van der Waals surface area contributed by atoms with E-state index in [-0.39, 0.29) is 12.1 Å². The highest BCUT2D eigenvalue weighted by atomic mass is 127. The van der Waals surface area contributed by atoms with Gasteiger partial charge >= 0.3 is 6.03 Å². The van der Waals surface area contributed by atoms with Gasteiger partial charge in [0.25, 0.3) is 0 Å². The normalized spacial score (nSPS) is 23.4. The summed E-state index contributed by atoms with van der Waals surface area (Å²) in [6, 6.07) is 7.23. The molecular weight excluding hydrogens is 343 g/mol. The first-order valence-electron chi connectivity index (χ1n) is 6.17. The number of amides is 2. The molecule has 0 bridgehead atoms. The van der Waals surface area contributed by atoms with E-state index in [1.807, 2.05) is 24.3 Å². The Bertz CT molecular complexity index is 425. The summed E-state index contributed by atoms with van der Waals surface area (Å²) in [5.41, 5.74) is 0.792. The van der Waals surface area contributed by atoms with Gasteiger partial charge in [-0.2, -0.15) is 0 Å². The molecule has 1 aliphatic rings. The largest absolute Gasteiger partial charge is 0.391 e. The number of para-hydroxylation sites is 1. The summed E-state index contributed by atoms with van der Waals surface area (Å²) in [7, 11) is 0. The Labute approximate surface area is 120 Å². The molecule has 2 rings (SSSR count). The third-order valence-electron chi connectivity index (χ3n) is 3.17. The van der Waals surface area contributed by atoms with Crippen LogP contribution >= 0.6 is 22.6 Å². The Morgan fingerprint density at radius 1 is 1.28 bits per heavy atom. The molecule has 0 aromatic heterocycles. The number of hydrogen-bond donors (Lipinski definition) is 3. The fraction of sp³-hybridized carbons (Fsp3) is 0.462. The van der Waals surface area contributed by atoms with Gasteiger partial charge in [0.1, 0.15) is 0 Å².